The smallest absolute Gasteiger partial charge is 0.119 e. The summed E-state index contributed by atoms with van der Waals surface area (Å²) in [5.74, 6) is 0.916. The van der Waals surface area contributed by atoms with Gasteiger partial charge in [-0.1, -0.05) is 57.2 Å². The zero-order chi connectivity index (χ0) is 20.4. The van der Waals surface area contributed by atoms with Gasteiger partial charge in [0.15, 0.2) is 0 Å². The van der Waals surface area contributed by atoms with Crippen molar-refractivity contribution in [1.82, 2.24) is 9.47 Å². The minimum atomic E-state index is 0.186. The molecule has 0 saturated heterocycles. The molecule has 3 nitrogen and oxygen atoms in total. The van der Waals surface area contributed by atoms with Gasteiger partial charge in [0.2, 0.25) is 0 Å². The van der Waals surface area contributed by atoms with Crippen LogP contribution in [0.4, 0.5) is 0 Å². The molecule has 0 radical (unpaired) electrons. The number of hydrogen-bond donors (Lipinski definition) is 0. The highest BCUT2D eigenvalue weighted by Gasteiger charge is 2.27. The first-order valence-electron chi connectivity index (χ1n) is 10.6. The lowest BCUT2D eigenvalue weighted by Crippen LogP contribution is -2.29. The lowest BCUT2D eigenvalue weighted by molar-refractivity contribution is 0.220. The zero-order valence-corrected chi connectivity index (χ0v) is 18.1. The fraction of sp³-hybridized carbons (Fsp3) is 0.385. The predicted molar refractivity (Wildman–Crippen MR) is 119 cm³/mol. The molecule has 29 heavy (non-hydrogen) atoms. The van der Waals surface area contributed by atoms with Crippen LogP contribution in [0.3, 0.4) is 0 Å². The maximum atomic E-state index is 5.52. The van der Waals surface area contributed by atoms with Gasteiger partial charge in [-0.15, -0.1) is 0 Å². The second-order valence-electron chi connectivity index (χ2n) is 9.08. The summed E-state index contributed by atoms with van der Waals surface area (Å²) in [6, 6.07) is 22.4. The van der Waals surface area contributed by atoms with Crippen molar-refractivity contribution >= 4 is 0 Å². The summed E-state index contributed by atoms with van der Waals surface area (Å²) in [5, 5.41) is 0. The van der Waals surface area contributed by atoms with E-state index < -0.39 is 0 Å². The highest BCUT2D eigenvalue weighted by molar-refractivity contribution is 5.36. The third-order valence-electron chi connectivity index (χ3n) is 5.97. The molecule has 1 aliphatic rings. The van der Waals surface area contributed by atoms with Crippen molar-refractivity contribution in [3.05, 3.63) is 89.2 Å². The first-order chi connectivity index (χ1) is 14.0. The van der Waals surface area contributed by atoms with Gasteiger partial charge in [0.1, 0.15) is 5.75 Å². The summed E-state index contributed by atoms with van der Waals surface area (Å²) in [6.07, 6.45) is 3.37. The molecule has 0 N–H and O–H groups in total. The summed E-state index contributed by atoms with van der Waals surface area (Å²) < 4.78 is 7.93. The van der Waals surface area contributed by atoms with Gasteiger partial charge in [-0.3, -0.25) is 4.90 Å². The predicted octanol–water partition coefficient (Wildman–Crippen LogP) is 5.79. The summed E-state index contributed by atoms with van der Waals surface area (Å²) in [4.78, 5) is 2.61. The van der Waals surface area contributed by atoms with Gasteiger partial charge in [0, 0.05) is 31.5 Å². The Morgan fingerprint density at radius 2 is 1.76 bits per heavy atom. The number of nitrogens with zero attached hydrogens (tertiary/aromatic N) is 2. The molecule has 1 atom stereocenters. The fourth-order valence-corrected chi connectivity index (χ4v) is 4.35. The quantitative estimate of drug-likeness (QED) is 0.563. The molecule has 2 aromatic carbocycles. The van der Waals surface area contributed by atoms with E-state index in [0.29, 0.717) is 0 Å². The van der Waals surface area contributed by atoms with Crippen LogP contribution in [0, 0.1) is 0 Å². The van der Waals surface area contributed by atoms with Gasteiger partial charge in [-0.25, -0.2) is 0 Å². The van der Waals surface area contributed by atoms with E-state index >= 15 is 0 Å². The third-order valence-corrected chi connectivity index (χ3v) is 5.97. The maximum Gasteiger partial charge on any atom is 0.119 e. The Balaban J connectivity index is 1.68. The first kappa shape index (κ1) is 19.8. The normalized spacial score (nSPS) is 17.6. The first-order valence-corrected chi connectivity index (χ1v) is 10.6. The summed E-state index contributed by atoms with van der Waals surface area (Å²) in [7, 11) is 1.74. The van der Waals surface area contributed by atoms with E-state index in [1.807, 2.05) is 6.07 Å². The van der Waals surface area contributed by atoms with Crippen molar-refractivity contribution in [3.63, 3.8) is 0 Å². The molecular formula is C26H32N2O. The molecule has 3 heteroatoms. The molecule has 3 aromatic rings. The van der Waals surface area contributed by atoms with Crippen LogP contribution in [-0.4, -0.2) is 23.1 Å². The highest BCUT2D eigenvalue weighted by atomic mass is 16.5. The van der Waals surface area contributed by atoms with E-state index in [1.165, 1.54) is 22.4 Å². The van der Waals surface area contributed by atoms with Crippen LogP contribution in [0.5, 0.6) is 5.75 Å². The number of methoxy groups -OCH3 is 1. The van der Waals surface area contributed by atoms with Gasteiger partial charge >= 0.3 is 0 Å². The Labute approximate surface area is 174 Å². The SMILES string of the molecule is COc1cccc([C@@H]2c3cccn3CCCN2Cc2ccc(C(C)(C)C)cc2)c1. The maximum absolute atomic E-state index is 5.52. The van der Waals surface area contributed by atoms with Gasteiger partial charge in [-0.05, 0) is 52.8 Å². The Hall–Kier alpha value is -2.52. The van der Waals surface area contributed by atoms with Gasteiger partial charge in [0.05, 0.1) is 13.2 Å². The number of benzene rings is 2. The molecule has 0 aliphatic carbocycles. The second-order valence-corrected chi connectivity index (χ2v) is 9.08. The number of aryl methyl sites for hydroxylation is 1. The van der Waals surface area contributed by atoms with Crippen LogP contribution in [0.25, 0.3) is 0 Å². The van der Waals surface area contributed by atoms with E-state index in [1.54, 1.807) is 7.11 Å². The molecule has 0 amide bonds. The molecule has 0 fully saturated rings. The van der Waals surface area contributed by atoms with Crippen LogP contribution < -0.4 is 4.74 Å². The number of fused-ring (bicyclic) bond motifs is 1. The van der Waals surface area contributed by atoms with Crippen LogP contribution in [-0.2, 0) is 18.5 Å². The number of rotatable bonds is 4. The van der Waals surface area contributed by atoms with E-state index in [-0.39, 0.29) is 11.5 Å². The number of hydrogen-bond acceptors (Lipinski definition) is 2. The summed E-state index contributed by atoms with van der Waals surface area (Å²) >= 11 is 0. The third kappa shape index (κ3) is 4.25. The monoisotopic (exact) mass is 388 g/mol. The van der Waals surface area contributed by atoms with Crippen molar-refractivity contribution in [2.24, 2.45) is 0 Å². The number of ether oxygens (including phenoxy) is 1. The fourth-order valence-electron chi connectivity index (χ4n) is 4.35. The van der Waals surface area contributed by atoms with Crippen molar-refractivity contribution in [2.45, 2.75) is 51.7 Å². The zero-order valence-electron chi connectivity index (χ0n) is 18.1. The number of aromatic nitrogens is 1. The molecule has 0 spiro atoms. The molecule has 4 rings (SSSR count). The average molecular weight is 389 g/mol. The molecule has 0 saturated carbocycles. The van der Waals surface area contributed by atoms with Crippen LogP contribution in [0.1, 0.15) is 55.6 Å². The topological polar surface area (TPSA) is 17.4 Å². The van der Waals surface area contributed by atoms with Crippen molar-refractivity contribution in [2.75, 3.05) is 13.7 Å². The van der Waals surface area contributed by atoms with Gasteiger partial charge in [-0.2, -0.15) is 0 Å². The Morgan fingerprint density at radius 1 is 0.966 bits per heavy atom. The van der Waals surface area contributed by atoms with Crippen molar-refractivity contribution < 1.29 is 4.74 Å². The summed E-state index contributed by atoms with van der Waals surface area (Å²) in [6.45, 7) is 9.89. The molecule has 152 valence electrons. The van der Waals surface area contributed by atoms with Crippen molar-refractivity contribution in [1.29, 1.82) is 0 Å². The molecule has 2 heterocycles. The lowest BCUT2D eigenvalue weighted by Gasteiger charge is -2.31. The minimum absolute atomic E-state index is 0.186. The minimum Gasteiger partial charge on any atom is -0.497 e. The molecule has 1 aliphatic heterocycles. The molecule has 0 unspecified atom stereocenters. The molecule has 0 bridgehead atoms. The Bertz CT molecular complexity index is 949. The van der Waals surface area contributed by atoms with E-state index in [2.05, 4.69) is 91.0 Å². The van der Waals surface area contributed by atoms with E-state index in [4.69, 9.17) is 4.74 Å². The highest BCUT2D eigenvalue weighted by Crippen LogP contribution is 2.34. The van der Waals surface area contributed by atoms with E-state index in [0.717, 1.165) is 31.8 Å². The standard InChI is InChI=1S/C26H32N2O/c1-26(2,3)22-13-11-20(12-14-22)19-28-17-7-16-27-15-6-10-24(27)25(28)21-8-5-9-23(18-21)29-4/h5-6,8-15,18,25H,7,16-17,19H2,1-4H3/t25-/m1/s1. The lowest BCUT2D eigenvalue weighted by atomic mass is 9.86. The van der Waals surface area contributed by atoms with Crippen molar-refractivity contribution in [3.8, 4) is 5.75 Å². The van der Waals surface area contributed by atoms with Crippen LogP contribution in [0.2, 0.25) is 0 Å². The van der Waals surface area contributed by atoms with Gasteiger partial charge < -0.3 is 9.30 Å². The van der Waals surface area contributed by atoms with E-state index in [9.17, 15) is 0 Å². The molecule has 1 aromatic heterocycles. The van der Waals surface area contributed by atoms with Gasteiger partial charge in [0.25, 0.3) is 0 Å². The summed E-state index contributed by atoms with van der Waals surface area (Å²) in [5.41, 5.74) is 5.59. The molecular weight excluding hydrogens is 356 g/mol. The largest absolute Gasteiger partial charge is 0.497 e. The average Bonchev–Trinajstić information content (AvgIpc) is 3.09. The Kier molecular flexibility index (Phi) is 5.51. The Morgan fingerprint density at radius 3 is 2.48 bits per heavy atom. The van der Waals surface area contributed by atoms with Crippen LogP contribution >= 0.6 is 0 Å². The second kappa shape index (κ2) is 8.08. The van der Waals surface area contributed by atoms with Crippen LogP contribution in [0.15, 0.2) is 66.9 Å².